The van der Waals surface area contributed by atoms with Crippen LogP contribution in [0.1, 0.15) is 40.2 Å². The van der Waals surface area contributed by atoms with Gasteiger partial charge in [0.05, 0.1) is 17.0 Å². The van der Waals surface area contributed by atoms with Crippen molar-refractivity contribution in [2.75, 3.05) is 13.1 Å². The molecular weight excluding hydrogens is 306 g/mol. The minimum Gasteiger partial charge on any atom is -0.369 e. The van der Waals surface area contributed by atoms with Crippen molar-refractivity contribution in [3.63, 3.8) is 0 Å². The predicted molar refractivity (Wildman–Crippen MR) is 97.6 cm³/mol. The van der Waals surface area contributed by atoms with Crippen LogP contribution < -0.4 is 0 Å². The van der Waals surface area contributed by atoms with E-state index in [1.807, 2.05) is 30.0 Å². The normalized spacial score (nSPS) is 22.2. The van der Waals surface area contributed by atoms with Crippen molar-refractivity contribution in [1.82, 2.24) is 4.90 Å². The topological polar surface area (TPSA) is 29.5 Å². The fourth-order valence-corrected chi connectivity index (χ4v) is 4.35. The molecule has 2 rings (SSSR count). The minimum atomic E-state index is -0.265. The summed E-state index contributed by atoms with van der Waals surface area (Å²) in [5, 5.41) is -0.00342. The number of carbonyl (C=O) groups is 1. The molecule has 1 fully saturated rings. The molecule has 128 valence electrons. The van der Waals surface area contributed by atoms with Gasteiger partial charge in [-0.2, -0.15) is 0 Å². The van der Waals surface area contributed by atoms with Crippen LogP contribution in [-0.2, 0) is 15.3 Å². The van der Waals surface area contributed by atoms with E-state index in [2.05, 4.69) is 39.8 Å². The lowest BCUT2D eigenvalue weighted by molar-refractivity contribution is -0.158. The second-order valence-electron chi connectivity index (χ2n) is 7.37. The summed E-state index contributed by atoms with van der Waals surface area (Å²) in [6.07, 6.45) is 0.0923. The summed E-state index contributed by atoms with van der Waals surface area (Å²) in [5.74, 6) is 1.44. The van der Waals surface area contributed by atoms with Crippen LogP contribution in [0.5, 0.6) is 0 Å². The van der Waals surface area contributed by atoms with E-state index >= 15 is 0 Å². The Hall–Kier alpha value is -1.00. The molecule has 0 aliphatic carbocycles. The molecule has 0 N–H and O–H groups in total. The van der Waals surface area contributed by atoms with Gasteiger partial charge in [0.15, 0.2) is 0 Å². The highest BCUT2D eigenvalue weighted by atomic mass is 32.2. The van der Waals surface area contributed by atoms with E-state index in [-0.39, 0.29) is 22.9 Å². The number of amides is 1. The van der Waals surface area contributed by atoms with Crippen LogP contribution in [0, 0.1) is 5.92 Å². The van der Waals surface area contributed by atoms with E-state index < -0.39 is 0 Å². The Morgan fingerprint density at radius 3 is 2.57 bits per heavy atom. The van der Waals surface area contributed by atoms with Crippen molar-refractivity contribution >= 4 is 17.7 Å². The Bertz CT molecular complexity index is 515. The van der Waals surface area contributed by atoms with Crippen molar-refractivity contribution in [3.8, 4) is 0 Å². The van der Waals surface area contributed by atoms with Crippen molar-refractivity contribution in [3.05, 3.63) is 35.9 Å². The van der Waals surface area contributed by atoms with Gasteiger partial charge in [-0.1, -0.05) is 44.2 Å². The van der Waals surface area contributed by atoms with Gasteiger partial charge in [-0.3, -0.25) is 4.79 Å². The Morgan fingerprint density at radius 1 is 1.35 bits per heavy atom. The maximum Gasteiger partial charge on any atom is 0.236 e. The molecule has 23 heavy (non-hydrogen) atoms. The molecule has 1 aliphatic rings. The van der Waals surface area contributed by atoms with E-state index in [1.165, 1.54) is 5.56 Å². The van der Waals surface area contributed by atoms with Crippen LogP contribution in [0.2, 0.25) is 0 Å². The zero-order valence-electron chi connectivity index (χ0n) is 14.9. The summed E-state index contributed by atoms with van der Waals surface area (Å²) in [6, 6.07) is 10.4. The molecule has 0 aromatic heterocycles. The summed E-state index contributed by atoms with van der Waals surface area (Å²) in [7, 11) is 0. The number of nitrogens with zero attached hydrogens (tertiary/aromatic N) is 1. The third kappa shape index (κ3) is 5.25. The van der Waals surface area contributed by atoms with Gasteiger partial charge in [0, 0.05) is 18.8 Å². The molecule has 2 atom stereocenters. The summed E-state index contributed by atoms with van der Waals surface area (Å²) in [6.45, 7) is 11.8. The Labute approximate surface area is 144 Å². The standard InChI is InChI=1S/C19H29NO2S/c1-14(2)17(23-12-16-9-7-6-8-10-16)18(21)20-11-15(3)22-19(4,5)13-20/h6-10,14-15,17H,11-13H2,1-5H3. The maximum absolute atomic E-state index is 13.0. The van der Waals surface area contributed by atoms with Gasteiger partial charge in [0.1, 0.15) is 0 Å². The first-order chi connectivity index (χ1) is 10.8. The molecule has 1 amide bonds. The van der Waals surface area contributed by atoms with E-state index in [1.54, 1.807) is 11.8 Å². The number of ether oxygens (including phenoxy) is 1. The average Bonchev–Trinajstić information content (AvgIpc) is 2.46. The predicted octanol–water partition coefficient (Wildman–Crippen LogP) is 3.97. The fourth-order valence-electron chi connectivity index (χ4n) is 3.11. The van der Waals surface area contributed by atoms with Gasteiger partial charge in [0.2, 0.25) is 5.91 Å². The number of morpholine rings is 1. The molecule has 0 radical (unpaired) electrons. The first kappa shape index (κ1) is 18.3. The molecule has 1 aliphatic heterocycles. The van der Waals surface area contributed by atoms with Crippen molar-refractivity contribution in [2.45, 2.75) is 57.3 Å². The van der Waals surface area contributed by atoms with Gasteiger partial charge in [0.25, 0.3) is 0 Å². The fraction of sp³-hybridized carbons (Fsp3) is 0.632. The quantitative estimate of drug-likeness (QED) is 0.815. The molecular formula is C19H29NO2S. The zero-order valence-corrected chi connectivity index (χ0v) is 15.7. The van der Waals surface area contributed by atoms with E-state index in [9.17, 15) is 4.79 Å². The second-order valence-corrected chi connectivity index (χ2v) is 8.50. The van der Waals surface area contributed by atoms with Crippen LogP contribution in [0.25, 0.3) is 0 Å². The second kappa shape index (κ2) is 7.71. The number of rotatable bonds is 5. The SMILES string of the molecule is CC1CN(C(=O)C(SCc2ccccc2)C(C)C)CC(C)(C)O1. The van der Waals surface area contributed by atoms with Gasteiger partial charge >= 0.3 is 0 Å². The van der Waals surface area contributed by atoms with E-state index in [0.29, 0.717) is 19.0 Å². The summed E-state index contributed by atoms with van der Waals surface area (Å²) in [5.41, 5.74) is 1.01. The van der Waals surface area contributed by atoms with E-state index in [0.717, 1.165) is 5.75 Å². The van der Waals surface area contributed by atoms with Crippen LogP contribution in [0.15, 0.2) is 30.3 Å². The van der Waals surface area contributed by atoms with Gasteiger partial charge in [-0.25, -0.2) is 0 Å². The summed E-state index contributed by atoms with van der Waals surface area (Å²) >= 11 is 1.75. The van der Waals surface area contributed by atoms with E-state index in [4.69, 9.17) is 4.74 Å². The number of carbonyl (C=O) groups excluding carboxylic acids is 1. The van der Waals surface area contributed by atoms with Crippen molar-refractivity contribution < 1.29 is 9.53 Å². The third-order valence-electron chi connectivity index (χ3n) is 4.00. The largest absolute Gasteiger partial charge is 0.369 e. The molecule has 4 heteroatoms. The number of thioether (sulfide) groups is 1. The van der Waals surface area contributed by atoms with Gasteiger partial charge in [-0.15, -0.1) is 11.8 Å². The van der Waals surface area contributed by atoms with Crippen molar-refractivity contribution in [1.29, 1.82) is 0 Å². The molecule has 0 saturated carbocycles. The molecule has 1 aromatic carbocycles. The van der Waals surface area contributed by atoms with Crippen LogP contribution in [-0.4, -0.2) is 40.9 Å². The lowest BCUT2D eigenvalue weighted by atomic mass is 10.0. The molecule has 3 nitrogen and oxygen atoms in total. The Morgan fingerprint density at radius 2 is 2.00 bits per heavy atom. The number of hydrogen-bond acceptors (Lipinski definition) is 3. The van der Waals surface area contributed by atoms with Gasteiger partial charge in [-0.05, 0) is 32.3 Å². The van der Waals surface area contributed by atoms with Crippen LogP contribution >= 0.6 is 11.8 Å². The molecule has 1 saturated heterocycles. The van der Waals surface area contributed by atoms with Crippen LogP contribution in [0.3, 0.4) is 0 Å². The third-order valence-corrected chi connectivity index (χ3v) is 5.61. The first-order valence-corrected chi connectivity index (χ1v) is 9.45. The lowest BCUT2D eigenvalue weighted by Crippen LogP contribution is -2.56. The molecule has 1 aromatic rings. The molecule has 2 unspecified atom stereocenters. The molecule has 0 spiro atoms. The highest BCUT2D eigenvalue weighted by molar-refractivity contribution is 7.99. The average molecular weight is 336 g/mol. The summed E-state index contributed by atoms with van der Waals surface area (Å²) in [4.78, 5) is 15.0. The minimum absolute atomic E-state index is 0.00342. The Kier molecular flexibility index (Phi) is 6.15. The van der Waals surface area contributed by atoms with Crippen molar-refractivity contribution in [2.24, 2.45) is 5.92 Å². The zero-order chi connectivity index (χ0) is 17.0. The summed E-state index contributed by atoms with van der Waals surface area (Å²) < 4.78 is 5.92. The maximum atomic E-state index is 13.0. The highest BCUT2D eigenvalue weighted by Gasteiger charge is 2.37. The van der Waals surface area contributed by atoms with Gasteiger partial charge < -0.3 is 9.64 Å². The van der Waals surface area contributed by atoms with Crippen LogP contribution in [0.4, 0.5) is 0 Å². The monoisotopic (exact) mass is 335 g/mol. The Balaban J connectivity index is 2.03. The first-order valence-electron chi connectivity index (χ1n) is 8.40. The highest BCUT2D eigenvalue weighted by Crippen LogP contribution is 2.28. The number of benzene rings is 1. The molecule has 1 heterocycles. The number of hydrogen-bond donors (Lipinski definition) is 0. The smallest absolute Gasteiger partial charge is 0.236 e. The molecule has 0 bridgehead atoms. The lowest BCUT2D eigenvalue weighted by Gasteiger charge is -2.43.